The molecular weight excluding hydrogens is 300 g/mol. The van der Waals surface area contributed by atoms with E-state index in [0.717, 1.165) is 17.3 Å². The topological polar surface area (TPSA) is 92.5 Å². The van der Waals surface area contributed by atoms with Gasteiger partial charge in [-0.1, -0.05) is 0 Å². The van der Waals surface area contributed by atoms with E-state index in [4.69, 9.17) is 5.11 Å². The fourth-order valence-corrected chi connectivity index (χ4v) is 4.47. The maximum absolute atomic E-state index is 11.1. The van der Waals surface area contributed by atoms with Crippen LogP contribution in [-0.4, -0.2) is 45.1 Å². The normalized spacial score (nSPS) is 18.5. The van der Waals surface area contributed by atoms with E-state index in [0.29, 0.717) is 17.5 Å². The monoisotopic (exact) mass is 314 g/mol. The lowest BCUT2D eigenvalue weighted by Crippen LogP contribution is -2.24. The molecule has 1 aromatic carbocycles. The van der Waals surface area contributed by atoms with E-state index in [1.807, 2.05) is 23.5 Å². The van der Waals surface area contributed by atoms with E-state index in [2.05, 4.69) is 5.32 Å². The number of hydrogen-bond acceptors (Lipinski definition) is 6. The van der Waals surface area contributed by atoms with E-state index in [-0.39, 0.29) is 11.3 Å². The summed E-state index contributed by atoms with van der Waals surface area (Å²) >= 11 is 3.71. The number of carboxylic acid groups (broad SMARTS) is 1. The summed E-state index contributed by atoms with van der Waals surface area (Å²) in [5.41, 5.74) is 0.259. The third kappa shape index (κ3) is 3.80. The summed E-state index contributed by atoms with van der Waals surface area (Å²) in [4.78, 5) is 21.4. The van der Waals surface area contributed by atoms with E-state index in [1.54, 1.807) is 0 Å². The van der Waals surface area contributed by atoms with Crippen LogP contribution in [0.5, 0.6) is 0 Å². The van der Waals surface area contributed by atoms with Crippen LogP contribution in [0.3, 0.4) is 0 Å². The van der Waals surface area contributed by atoms with Gasteiger partial charge in [-0.3, -0.25) is 10.1 Å². The average Bonchev–Trinajstić information content (AvgIpc) is 2.45. The highest BCUT2D eigenvalue weighted by Crippen LogP contribution is 2.26. The van der Waals surface area contributed by atoms with E-state index < -0.39 is 10.9 Å². The van der Waals surface area contributed by atoms with Gasteiger partial charge in [-0.15, -0.1) is 0 Å². The molecule has 0 aromatic heterocycles. The van der Waals surface area contributed by atoms with Crippen molar-refractivity contribution in [2.75, 3.05) is 29.1 Å². The number of carboxylic acids is 1. The fraction of sp³-hybridized carbons (Fsp3) is 0.417. The second kappa shape index (κ2) is 6.85. The van der Waals surface area contributed by atoms with Gasteiger partial charge in [0.1, 0.15) is 0 Å². The van der Waals surface area contributed by atoms with Gasteiger partial charge in [-0.05, 0) is 6.07 Å². The van der Waals surface area contributed by atoms with Gasteiger partial charge in [0.15, 0.2) is 0 Å². The van der Waals surface area contributed by atoms with Gasteiger partial charge in [0.05, 0.1) is 16.2 Å². The van der Waals surface area contributed by atoms with Crippen molar-refractivity contribution < 1.29 is 14.8 Å². The number of aromatic carboxylic acids is 1. The molecule has 1 atom stereocenters. The Balaban J connectivity index is 2.12. The minimum atomic E-state index is -1.09. The van der Waals surface area contributed by atoms with E-state index in [1.165, 1.54) is 18.2 Å². The Bertz CT molecular complexity index is 518. The molecule has 0 bridgehead atoms. The SMILES string of the molecule is O=C(O)c1ccc([N+](=O)[O-])cc1NCC1CSCCS1. The zero-order valence-electron chi connectivity index (χ0n) is 10.6. The highest BCUT2D eigenvalue weighted by molar-refractivity contribution is 8.06. The number of benzene rings is 1. The standard InChI is InChI=1S/C12H14N2O4S2/c15-12(16)10-2-1-8(14(17)18)5-11(10)13-6-9-7-19-3-4-20-9/h1-2,5,9,13H,3-4,6-7H2,(H,15,16). The molecule has 2 rings (SSSR count). The van der Waals surface area contributed by atoms with Gasteiger partial charge >= 0.3 is 5.97 Å². The number of nitrogens with zero attached hydrogens (tertiary/aromatic N) is 1. The van der Waals surface area contributed by atoms with Crippen LogP contribution in [0.4, 0.5) is 11.4 Å². The molecule has 0 radical (unpaired) electrons. The minimum absolute atomic E-state index is 0.0593. The Labute approximate surface area is 124 Å². The average molecular weight is 314 g/mol. The smallest absolute Gasteiger partial charge is 0.337 e. The fourth-order valence-electron chi connectivity index (χ4n) is 1.86. The van der Waals surface area contributed by atoms with E-state index in [9.17, 15) is 14.9 Å². The van der Waals surface area contributed by atoms with Crippen LogP contribution in [0.25, 0.3) is 0 Å². The molecule has 1 aromatic rings. The van der Waals surface area contributed by atoms with Gasteiger partial charge in [0.2, 0.25) is 0 Å². The molecule has 20 heavy (non-hydrogen) atoms. The number of nitro groups is 1. The Morgan fingerprint density at radius 1 is 1.50 bits per heavy atom. The summed E-state index contributed by atoms with van der Waals surface area (Å²) in [6.07, 6.45) is 0. The van der Waals surface area contributed by atoms with Gasteiger partial charge in [-0.25, -0.2) is 4.79 Å². The first-order chi connectivity index (χ1) is 9.58. The van der Waals surface area contributed by atoms with E-state index >= 15 is 0 Å². The Hall–Kier alpha value is -1.41. The summed E-state index contributed by atoms with van der Waals surface area (Å²) in [6, 6.07) is 3.76. The minimum Gasteiger partial charge on any atom is -0.478 e. The second-order valence-electron chi connectivity index (χ2n) is 4.24. The number of rotatable bonds is 5. The molecule has 0 saturated carbocycles. The number of nitro benzene ring substituents is 1. The van der Waals surface area contributed by atoms with Crippen molar-refractivity contribution >= 4 is 40.9 Å². The van der Waals surface area contributed by atoms with Gasteiger partial charge in [0.25, 0.3) is 5.69 Å². The van der Waals surface area contributed by atoms with Crippen molar-refractivity contribution in [2.45, 2.75) is 5.25 Å². The van der Waals surface area contributed by atoms with Crippen molar-refractivity contribution in [1.29, 1.82) is 0 Å². The molecule has 0 spiro atoms. The number of nitrogens with one attached hydrogen (secondary N) is 1. The Morgan fingerprint density at radius 2 is 2.30 bits per heavy atom. The molecule has 1 aliphatic rings. The van der Waals surface area contributed by atoms with Gasteiger partial charge in [0, 0.05) is 41.2 Å². The number of thioether (sulfide) groups is 2. The molecule has 2 N–H and O–H groups in total. The van der Waals surface area contributed by atoms with Crippen LogP contribution in [0.2, 0.25) is 0 Å². The highest BCUT2D eigenvalue weighted by Gasteiger charge is 2.18. The predicted octanol–water partition coefficient (Wildman–Crippen LogP) is 2.55. The summed E-state index contributed by atoms with van der Waals surface area (Å²) in [6.45, 7) is 0.610. The molecule has 108 valence electrons. The molecule has 1 saturated heterocycles. The third-order valence-electron chi connectivity index (χ3n) is 2.85. The number of carbonyl (C=O) groups is 1. The molecule has 0 amide bonds. The number of non-ortho nitro benzene ring substituents is 1. The Kier molecular flexibility index (Phi) is 5.13. The zero-order valence-corrected chi connectivity index (χ0v) is 12.2. The number of hydrogen-bond donors (Lipinski definition) is 2. The summed E-state index contributed by atoms with van der Waals surface area (Å²) in [7, 11) is 0. The first-order valence-corrected chi connectivity index (χ1v) is 8.23. The maximum Gasteiger partial charge on any atom is 0.337 e. The lowest BCUT2D eigenvalue weighted by molar-refractivity contribution is -0.384. The lowest BCUT2D eigenvalue weighted by atomic mass is 10.1. The molecular formula is C12H14N2O4S2. The van der Waals surface area contributed by atoms with Crippen LogP contribution in [0.1, 0.15) is 10.4 Å². The molecule has 0 aliphatic carbocycles. The summed E-state index contributed by atoms with van der Waals surface area (Å²) < 4.78 is 0. The van der Waals surface area contributed by atoms with Crippen molar-refractivity contribution in [2.24, 2.45) is 0 Å². The molecule has 1 fully saturated rings. The predicted molar refractivity (Wildman–Crippen MR) is 82.1 cm³/mol. The molecule has 1 heterocycles. The lowest BCUT2D eigenvalue weighted by Gasteiger charge is -2.22. The largest absolute Gasteiger partial charge is 0.478 e. The highest BCUT2D eigenvalue weighted by atomic mass is 32.2. The van der Waals surface area contributed by atoms with Gasteiger partial charge < -0.3 is 10.4 Å². The second-order valence-corrected chi connectivity index (χ2v) is 6.80. The van der Waals surface area contributed by atoms with Gasteiger partial charge in [-0.2, -0.15) is 23.5 Å². The Morgan fingerprint density at radius 3 is 2.90 bits per heavy atom. The summed E-state index contributed by atoms with van der Waals surface area (Å²) in [5.74, 6) is 2.14. The number of anilines is 1. The molecule has 1 unspecified atom stereocenters. The van der Waals surface area contributed by atoms with Crippen molar-refractivity contribution in [3.05, 3.63) is 33.9 Å². The third-order valence-corrected chi connectivity index (χ3v) is 5.69. The van der Waals surface area contributed by atoms with Crippen molar-refractivity contribution in [3.8, 4) is 0 Å². The van der Waals surface area contributed by atoms with Crippen LogP contribution in [-0.2, 0) is 0 Å². The van der Waals surface area contributed by atoms with Crippen LogP contribution in [0.15, 0.2) is 18.2 Å². The zero-order chi connectivity index (χ0) is 14.5. The summed E-state index contributed by atoms with van der Waals surface area (Å²) in [5, 5.41) is 23.3. The quantitative estimate of drug-likeness (QED) is 0.637. The van der Waals surface area contributed by atoms with Crippen LogP contribution in [0, 0.1) is 10.1 Å². The van der Waals surface area contributed by atoms with Crippen LogP contribution < -0.4 is 5.32 Å². The maximum atomic E-state index is 11.1. The first kappa shape index (κ1) is 15.0. The molecule has 8 heteroatoms. The van der Waals surface area contributed by atoms with Crippen molar-refractivity contribution in [1.82, 2.24) is 0 Å². The first-order valence-electron chi connectivity index (χ1n) is 6.03. The van der Waals surface area contributed by atoms with Crippen molar-refractivity contribution in [3.63, 3.8) is 0 Å². The molecule has 1 aliphatic heterocycles. The van der Waals surface area contributed by atoms with Crippen LogP contribution >= 0.6 is 23.5 Å². The molecule has 6 nitrogen and oxygen atoms in total.